The monoisotopic (exact) mass is 437 g/mol. The minimum atomic E-state index is -3.17. The van der Waals surface area contributed by atoms with Crippen LogP contribution in [0.15, 0.2) is 6.20 Å². The van der Waals surface area contributed by atoms with Crippen LogP contribution in [0.4, 0.5) is 11.8 Å². The lowest BCUT2D eigenvalue weighted by Crippen LogP contribution is -2.51. The molecule has 2 fully saturated rings. The van der Waals surface area contributed by atoms with E-state index in [2.05, 4.69) is 10.3 Å². The number of anilines is 2. The molecule has 166 valence electrons. The molecule has 10 heteroatoms. The third-order valence-electron chi connectivity index (χ3n) is 6.87. The summed E-state index contributed by atoms with van der Waals surface area (Å²) >= 11 is 0. The predicted octanol–water partition coefficient (Wildman–Crippen LogP) is 1.24. The summed E-state index contributed by atoms with van der Waals surface area (Å²) in [4.78, 5) is 24.1. The summed E-state index contributed by atoms with van der Waals surface area (Å²) in [7, 11) is -3.17. The summed E-state index contributed by atoms with van der Waals surface area (Å²) in [5, 5.41) is 14.2. The van der Waals surface area contributed by atoms with Crippen molar-refractivity contribution in [2.45, 2.75) is 76.0 Å². The molecular formula is C20H31N5O4S. The molecule has 9 nitrogen and oxygen atoms in total. The number of carbonyl (C=O) groups excluding carboxylic acids is 1. The topological polar surface area (TPSA) is 116 Å². The van der Waals surface area contributed by atoms with Gasteiger partial charge in [0.25, 0.3) is 0 Å². The molecule has 1 aliphatic carbocycles. The van der Waals surface area contributed by atoms with Crippen LogP contribution in [0.1, 0.15) is 58.4 Å². The number of nitrogens with zero attached hydrogens (tertiary/aromatic N) is 4. The van der Waals surface area contributed by atoms with Gasteiger partial charge in [-0.3, -0.25) is 9.69 Å². The molecule has 2 N–H and O–H groups in total. The van der Waals surface area contributed by atoms with Crippen LogP contribution >= 0.6 is 0 Å². The van der Waals surface area contributed by atoms with Gasteiger partial charge in [0.15, 0.2) is 0 Å². The van der Waals surface area contributed by atoms with E-state index in [1.54, 1.807) is 18.0 Å². The van der Waals surface area contributed by atoms with Gasteiger partial charge in [-0.15, -0.1) is 0 Å². The Morgan fingerprint density at radius 1 is 1.20 bits per heavy atom. The molecule has 0 radical (unpaired) electrons. The van der Waals surface area contributed by atoms with E-state index < -0.39 is 21.0 Å². The Morgan fingerprint density at radius 2 is 1.87 bits per heavy atom. The van der Waals surface area contributed by atoms with Crippen LogP contribution in [-0.2, 0) is 20.2 Å². The molecule has 0 spiro atoms. The molecule has 1 saturated heterocycles. The average Bonchev–Trinajstić information content (AvgIpc) is 3.09. The predicted molar refractivity (Wildman–Crippen MR) is 114 cm³/mol. The summed E-state index contributed by atoms with van der Waals surface area (Å²) < 4.78 is 24.9. The summed E-state index contributed by atoms with van der Waals surface area (Å²) in [5.74, 6) is 0.945. The van der Waals surface area contributed by atoms with Crippen molar-refractivity contribution in [1.82, 2.24) is 14.3 Å². The zero-order chi connectivity index (χ0) is 21.9. The fraction of sp³-hybridized carbons (Fsp3) is 0.750. The first-order valence-electron chi connectivity index (χ1n) is 10.6. The highest BCUT2D eigenvalue weighted by Gasteiger charge is 2.53. The van der Waals surface area contributed by atoms with Crippen LogP contribution in [0.25, 0.3) is 0 Å². The number of fused-ring (bicyclic) bond motifs is 1. The second-order valence-corrected chi connectivity index (χ2v) is 11.6. The number of hydrogen-bond donors (Lipinski definition) is 2. The van der Waals surface area contributed by atoms with Crippen molar-refractivity contribution in [3.05, 3.63) is 11.8 Å². The van der Waals surface area contributed by atoms with E-state index in [-0.39, 0.29) is 18.0 Å². The largest absolute Gasteiger partial charge is 0.388 e. The van der Waals surface area contributed by atoms with Crippen LogP contribution in [0.5, 0.6) is 0 Å². The van der Waals surface area contributed by atoms with Crippen molar-refractivity contribution >= 4 is 27.7 Å². The van der Waals surface area contributed by atoms with Gasteiger partial charge in [-0.1, -0.05) is 0 Å². The van der Waals surface area contributed by atoms with Crippen LogP contribution < -0.4 is 10.2 Å². The first kappa shape index (κ1) is 21.5. The number of piperidine rings is 1. The lowest BCUT2D eigenvalue weighted by molar-refractivity contribution is -0.123. The second kappa shape index (κ2) is 7.13. The van der Waals surface area contributed by atoms with Crippen LogP contribution in [-0.4, -0.2) is 70.7 Å². The number of carbonyl (C=O) groups is 1. The van der Waals surface area contributed by atoms with E-state index in [9.17, 15) is 18.3 Å². The van der Waals surface area contributed by atoms with Crippen LogP contribution in [0.3, 0.4) is 0 Å². The summed E-state index contributed by atoms with van der Waals surface area (Å²) in [6.45, 7) is 6.46. The van der Waals surface area contributed by atoms with Gasteiger partial charge in [0.1, 0.15) is 5.82 Å². The maximum Gasteiger partial charge on any atom is 0.238 e. The zero-order valence-electron chi connectivity index (χ0n) is 18.1. The molecule has 30 heavy (non-hydrogen) atoms. The molecule has 3 heterocycles. The second-order valence-electron chi connectivity index (χ2n) is 9.58. The van der Waals surface area contributed by atoms with Gasteiger partial charge in [-0.2, -0.15) is 4.98 Å². The van der Waals surface area contributed by atoms with Gasteiger partial charge in [0.05, 0.1) is 23.3 Å². The highest BCUT2D eigenvalue weighted by molar-refractivity contribution is 7.88. The molecule has 2 aliphatic heterocycles. The number of hydrogen-bond acceptors (Lipinski definition) is 7. The number of aromatic nitrogens is 2. The van der Waals surface area contributed by atoms with E-state index >= 15 is 0 Å². The first-order valence-corrected chi connectivity index (χ1v) is 12.4. The zero-order valence-corrected chi connectivity index (χ0v) is 18.9. The molecule has 1 amide bonds. The fourth-order valence-corrected chi connectivity index (χ4v) is 5.80. The smallest absolute Gasteiger partial charge is 0.238 e. The third-order valence-corrected chi connectivity index (χ3v) is 8.17. The molecule has 3 aliphatic rings. The third kappa shape index (κ3) is 3.58. The van der Waals surface area contributed by atoms with Crippen LogP contribution in [0.2, 0.25) is 0 Å². The van der Waals surface area contributed by atoms with E-state index in [0.717, 1.165) is 18.4 Å². The van der Waals surface area contributed by atoms with Gasteiger partial charge >= 0.3 is 0 Å². The van der Waals surface area contributed by atoms with Crippen molar-refractivity contribution in [2.75, 3.05) is 29.6 Å². The molecule has 1 aromatic heterocycles. The van der Waals surface area contributed by atoms with Gasteiger partial charge in [0, 0.05) is 30.9 Å². The Kier molecular flexibility index (Phi) is 5.10. The first-order chi connectivity index (χ1) is 13.9. The standard InChI is InChI=1S/C20H31N5O4S/c1-19(2)14-12-21-18(22-13-7-10-24(11-8-13)30(4,28)29)23-16(14)25(17(19)26)15-6-5-9-20(15,3)27/h12-13,15,27H,5-11H2,1-4H3,(H,21,22,23)/t15-,20-/m1/s1. The van der Waals surface area contributed by atoms with Crippen molar-refractivity contribution < 1.29 is 18.3 Å². The molecule has 1 aromatic rings. The van der Waals surface area contributed by atoms with Gasteiger partial charge in [0.2, 0.25) is 21.9 Å². The lowest BCUT2D eigenvalue weighted by Gasteiger charge is -2.34. The van der Waals surface area contributed by atoms with E-state index in [0.29, 0.717) is 44.1 Å². The fourth-order valence-electron chi connectivity index (χ4n) is 4.92. The SMILES string of the molecule is CC1(C)C(=O)N([C@@H]2CCC[C@@]2(C)O)c2nc(NC3CCN(S(C)(=O)=O)CC3)ncc21. The lowest BCUT2D eigenvalue weighted by atomic mass is 9.88. The Balaban J connectivity index is 1.57. The van der Waals surface area contributed by atoms with Gasteiger partial charge in [-0.05, 0) is 52.9 Å². The minimum absolute atomic E-state index is 0.0578. The van der Waals surface area contributed by atoms with E-state index in [1.165, 1.54) is 10.6 Å². The number of nitrogens with one attached hydrogen (secondary N) is 1. The Hall–Kier alpha value is -1.78. The quantitative estimate of drug-likeness (QED) is 0.728. The van der Waals surface area contributed by atoms with Crippen molar-refractivity contribution in [3.63, 3.8) is 0 Å². The minimum Gasteiger partial charge on any atom is -0.388 e. The Labute approximate surface area is 177 Å². The molecular weight excluding hydrogens is 406 g/mol. The van der Waals surface area contributed by atoms with Gasteiger partial charge < -0.3 is 10.4 Å². The van der Waals surface area contributed by atoms with Crippen LogP contribution in [0, 0.1) is 0 Å². The normalized spacial score (nSPS) is 30.0. The van der Waals surface area contributed by atoms with Crippen molar-refractivity contribution in [3.8, 4) is 0 Å². The maximum absolute atomic E-state index is 13.3. The van der Waals surface area contributed by atoms with Crippen molar-refractivity contribution in [2.24, 2.45) is 0 Å². The molecule has 0 aromatic carbocycles. The Bertz CT molecular complexity index is 954. The van der Waals surface area contributed by atoms with E-state index in [1.807, 2.05) is 13.8 Å². The van der Waals surface area contributed by atoms with E-state index in [4.69, 9.17) is 4.98 Å². The number of amides is 1. The molecule has 2 atom stereocenters. The van der Waals surface area contributed by atoms with Gasteiger partial charge in [-0.25, -0.2) is 17.7 Å². The molecule has 0 unspecified atom stereocenters. The van der Waals surface area contributed by atoms with Crippen molar-refractivity contribution in [1.29, 1.82) is 0 Å². The molecule has 4 rings (SSSR count). The average molecular weight is 438 g/mol. The molecule has 1 saturated carbocycles. The summed E-state index contributed by atoms with van der Waals surface area (Å²) in [6.07, 6.45) is 6.54. The highest BCUT2D eigenvalue weighted by Crippen LogP contribution is 2.46. The number of sulfonamides is 1. The summed E-state index contributed by atoms with van der Waals surface area (Å²) in [5.41, 5.74) is -0.912. The number of aliphatic hydroxyl groups is 1. The Morgan fingerprint density at radius 3 is 2.43 bits per heavy atom. The maximum atomic E-state index is 13.3. The number of rotatable bonds is 4. The summed E-state index contributed by atoms with van der Waals surface area (Å²) in [6, 6.07) is -0.236. The molecule has 0 bridgehead atoms. The highest BCUT2D eigenvalue weighted by atomic mass is 32.2.